The number of H-pyrrole nitrogens is 1. The van der Waals surface area contributed by atoms with Gasteiger partial charge >= 0.3 is 0 Å². The highest BCUT2D eigenvalue weighted by Gasteiger charge is 2.07. The van der Waals surface area contributed by atoms with Crippen LogP contribution in [-0.4, -0.2) is 38.6 Å². The lowest BCUT2D eigenvalue weighted by molar-refractivity contribution is 0.703. The number of nitrogens with one attached hydrogen (secondary N) is 3. The summed E-state index contributed by atoms with van der Waals surface area (Å²) >= 11 is 1.66. The van der Waals surface area contributed by atoms with Crippen LogP contribution >= 0.6 is 11.9 Å². The van der Waals surface area contributed by atoms with Gasteiger partial charge in [-0.05, 0) is 64.2 Å². The minimum absolute atomic E-state index is 0.530. The van der Waals surface area contributed by atoms with Gasteiger partial charge in [-0.25, -0.2) is 4.98 Å². The number of hydrogen-bond acceptors (Lipinski definition) is 7. The van der Waals surface area contributed by atoms with Gasteiger partial charge in [0.25, 0.3) is 0 Å². The van der Waals surface area contributed by atoms with E-state index in [1.54, 1.807) is 18.1 Å². The first kappa shape index (κ1) is 17.2. The standard InChI is InChI=1S/C17H21N7S/c1-11-12(2)22-23-16(11)20-15-8-9-18-17(21-15)19-13-6-5-7-14(10-13)25-24(3)4/h5-10H,1-4H3,(H3,18,19,20,21,22,23). The molecule has 0 aliphatic heterocycles. The molecule has 0 aliphatic carbocycles. The van der Waals surface area contributed by atoms with Gasteiger partial charge in [0.05, 0.1) is 0 Å². The molecule has 3 N–H and O–H groups in total. The predicted octanol–water partition coefficient (Wildman–Crippen LogP) is 3.87. The van der Waals surface area contributed by atoms with Crippen molar-refractivity contribution in [3.05, 3.63) is 47.8 Å². The summed E-state index contributed by atoms with van der Waals surface area (Å²) in [6.07, 6.45) is 1.71. The Kier molecular flexibility index (Phi) is 5.20. The molecule has 7 nitrogen and oxygen atoms in total. The number of aromatic amines is 1. The third-order valence-corrected chi connectivity index (χ3v) is 4.36. The molecule has 2 aromatic heterocycles. The highest BCUT2D eigenvalue weighted by molar-refractivity contribution is 7.97. The Morgan fingerprint density at radius 1 is 1.12 bits per heavy atom. The first-order valence-corrected chi connectivity index (χ1v) is 8.62. The average molecular weight is 355 g/mol. The molecule has 0 fully saturated rings. The number of aromatic nitrogens is 4. The molecule has 0 saturated heterocycles. The fourth-order valence-electron chi connectivity index (χ4n) is 2.19. The van der Waals surface area contributed by atoms with Crippen molar-refractivity contribution < 1.29 is 0 Å². The molecule has 3 aromatic rings. The number of hydrogen-bond donors (Lipinski definition) is 3. The first-order valence-electron chi connectivity index (χ1n) is 7.85. The largest absolute Gasteiger partial charge is 0.324 e. The van der Waals surface area contributed by atoms with Crippen molar-refractivity contribution in [3.63, 3.8) is 0 Å². The molecule has 0 saturated carbocycles. The smallest absolute Gasteiger partial charge is 0.229 e. The summed E-state index contributed by atoms with van der Waals surface area (Å²) in [6.45, 7) is 3.99. The molecule has 3 rings (SSSR count). The molecule has 8 heteroatoms. The maximum atomic E-state index is 4.50. The van der Waals surface area contributed by atoms with Gasteiger partial charge in [-0.3, -0.25) is 9.40 Å². The third kappa shape index (κ3) is 4.49. The van der Waals surface area contributed by atoms with Crippen LogP contribution in [0, 0.1) is 13.8 Å². The Hall–Kier alpha value is -2.58. The van der Waals surface area contributed by atoms with Crippen LogP contribution in [0.4, 0.5) is 23.3 Å². The average Bonchev–Trinajstić information content (AvgIpc) is 2.87. The molecule has 0 radical (unpaired) electrons. The van der Waals surface area contributed by atoms with Crippen molar-refractivity contribution >= 4 is 35.2 Å². The molecule has 0 atom stereocenters. The molecular formula is C17H21N7S. The van der Waals surface area contributed by atoms with Crippen LogP contribution in [0.3, 0.4) is 0 Å². The van der Waals surface area contributed by atoms with E-state index in [1.165, 1.54) is 0 Å². The topological polar surface area (TPSA) is 81.8 Å². The Labute approximate surface area is 151 Å². The predicted molar refractivity (Wildman–Crippen MR) is 103 cm³/mol. The Morgan fingerprint density at radius 2 is 1.96 bits per heavy atom. The Morgan fingerprint density at radius 3 is 2.68 bits per heavy atom. The molecule has 0 bridgehead atoms. The number of anilines is 4. The fourth-order valence-corrected chi connectivity index (χ4v) is 2.93. The van der Waals surface area contributed by atoms with Gasteiger partial charge in [-0.1, -0.05) is 6.07 Å². The highest BCUT2D eigenvalue weighted by atomic mass is 32.2. The molecule has 0 aliphatic rings. The summed E-state index contributed by atoms with van der Waals surface area (Å²) in [5.74, 6) is 1.99. The van der Waals surface area contributed by atoms with Crippen molar-refractivity contribution in [2.24, 2.45) is 0 Å². The fraction of sp³-hybridized carbons (Fsp3) is 0.235. The van der Waals surface area contributed by atoms with E-state index in [-0.39, 0.29) is 0 Å². The first-order chi connectivity index (χ1) is 12.0. The van der Waals surface area contributed by atoms with Crippen molar-refractivity contribution in [2.75, 3.05) is 24.7 Å². The SMILES string of the molecule is Cc1[nH]nc(Nc2ccnc(Nc3cccc(SN(C)C)c3)n2)c1C. The summed E-state index contributed by atoms with van der Waals surface area (Å²) in [7, 11) is 4.03. The van der Waals surface area contributed by atoms with Crippen LogP contribution in [0.1, 0.15) is 11.3 Å². The van der Waals surface area contributed by atoms with Crippen LogP contribution in [0.15, 0.2) is 41.4 Å². The van der Waals surface area contributed by atoms with Crippen LogP contribution < -0.4 is 10.6 Å². The monoisotopic (exact) mass is 355 g/mol. The van der Waals surface area contributed by atoms with Gasteiger partial charge in [0.2, 0.25) is 5.95 Å². The van der Waals surface area contributed by atoms with Crippen LogP contribution in [0.2, 0.25) is 0 Å². The maximum Gasteiger partial charge on any atom is 0.229 e. The molecule has 0 unspecified atom stereocenters. The zero-order valence-electron chi connectivity index (χ0n) is 14.7. The lowest BCUT2D eigenvalue weighted by atomic mass is 10.3. The van der Waals surface area contributed by atoms with Gasteiger partial charge in [-0.15, -0.1) is 0 Å². The second kappa shape index (κ2) is 7.54. The summed E-state index contributed by atoms with van der Waals surface area (Å²) in [5, 5.41) is 13.6. The minimum Gasteiger partial charge on any atom is -0.324 e. The quantitative estimate of drug-likeness (QED) is 0.579. The second-order valence-corrected chi connectivity index (χ2v) is 7.15. The summed E-state index contributed by atoms with van der Waals surface area (Å²) < 4.78 is 2.05. The second-order valence-electron chi connectivity index (χ2n) is 5.77. The van der Waals surface area contributed by atoms with Crippen molar-refractivity contribution in [1.29, 1.82) is 0 Å². The summed E-state index contributed by atoms with van der Waals surface area (Å²) in [4.78, 5) is 9.93. The van der Waals surface area contributed by atoms with Gasteiger partial charge in [-0.2, -0.15) is 10.1 Å². The lowest BCUT2D eigenvalue weighted by Gasteiger charge is -2.11. The molecule has 0 spiro atoms. The van der Waals surface area contributed by atoms with E-state index in [1.807, 2.05) is 50.4 Å². The van der Waals surface area contributed by atoms with Gasteiger partial charge in [0.15, 0.2) is 5.82 Å². The maximum absolute atomic E-state index is 4.50. The van der Waals surface area contributed by atoms with E-state index in [0.29, 0.717) is 11.8 Å². The molecule has 130 valence electrons. The van der Waals surface area contributed by atoms with Crippen LogP contribution in [0.5, 0.6) is 0 Å². The number of rotatable bonds is 6. The normalized spacial score (nSPS) is 10.9. The Balaban J connectivity index is 1.74. The lowest BCUT2D eigenvalue weighted by Crippen LogP contribution is -2.02. The van der Waals surface area contributed by atoms with E-state index >= 15 is 0 Å². The van der Waals surface area contributed by atoms with Gasteiger partial charge in [0.1, 0.15) is 5.82 Å². The van der Waals surface area contributed by atoms with E-state index in [9.17, 15) is 0 Å². The molecule has 1 aromatic carbocycles. The van der Waals surface area contributed by atoms with Crippen molar-refractivity contribution in [3.8, 4) is 0 Å². The highest BCUT2D eigenvalue weighted by Crippen LogP contribution is 2.25. The van der Waals surface area contributed by atoms with Crippen molar-refractivity contribution in [1.82, 2.24) is 24.5 Å². The molecule has 0 amide bonds. The van der Waals surface area contributed by atoms with E-state index in [4.69, 9.17) is 0 Å². The zero-order chi connectivity index (χ0) is 17.8. The van der Waals surface area contributed by atoms with Gasteiger partial charge in [0, 0.05) is 28.0 Å². The van der Waals surface area contributed by atoms with Crippen LogP contribution in [-0.2, 0) is 0 Å². The Bertz CT molecular complexity index is 860. The van der Waals surface area contributed by atoms with E-state index in [2.05, 4.69) is 42.9 Å². The van der Waals surface area contributed by atoms with Gasteiger partial charge < -0.3 is 10.6 Å². The van der Waals surface area contributed by atoms with E-state index < -0.39 is 0 Å². The molecular weight excluding hydrogens is 334 g/mol. The van der Waals surface area contributed by atoms with Crippen LogP contribution in [0.25, 0.3) is 0 Å². The number of benzene rings is 1. The summed E-state index contributed by atoms with van der Waals surface area (Å²) in [5.41, 5.74) is 3.04. The third-order valence-electron chi connectivity index (χ3n) is 3.53. The molecule has 25 heavy (non-hydrogen) atoms. The number of nitrogens with zero attached hydrogens (tertiary/aromatic N) is 4. The molecule has 2 heterocycles. The minimum atomic E-state index is 0.530. The van der Waals surface area contributed by atoms with Crippen molar-refractivity contribution in [2.45, 2.75) is 18.7 Å². The number of aryl methyl sites for hydroxylation is 1. The van der Waals surface area contributed by atoms with E-state index in [0.717, 1.165) is 27.7 Å². The zero-order valence-corrected chi connectivity index (χ0v) is 15.5. The summed E-state index contributed by atoms with van der Waals surface area (Å²) in [6, 6.07) is 9.94.